The molecule has 4 heterocycles. The lowest BCUT2D eigenvalue weighted by Crippen LogP contribution is -2.29. The molecule has 4 heteroatoms. The quantitative estimate of drug-likeness (QED) is 0.204. The summed E-state index contributed by atoms with van der Waals surface area (Å²) in [6.45, 7) is 0. The molecular weight excluding hydrogens is 562 g/mol. The number of hydrogen-bond acceptors (Lipinski definition) is 3. The molecule has 2 aliphatic rings. The predicted molar refractivity (Wildman–Crippen MR) is 188 cm³/mol. The first-order valence-corrected chi connectivity index (χ1v) is 15.9. The Morgan fingerprint density at radius 3 is 2.17 bits per heavy atom. The summed E-state index contributed by atoms with van der Waals surface area (Å²) in [5.74, 6) is 1.33. The maximum Gasteiger partial charge on any atom is 0.135 e. The maximum absolute atomic E-state index is 6.33. The van der Waals surface area contributed by atoms with Crippen LogP contribution in [0.25, 0.3) is 49.4 Å². The molecule has 0 bridgehead atoms. The standard InChI is InChI=1S/C42H29N3O/c1-5-15-36-30(11-1)31-12-2-6-16-37(31)44(36)29-21-23-41-35(26-29)34-25-27(20-22-40(34)46-41)24-28-10-9-19-42(43-28)45-38-17-7-3-13-32(38)33-14-4-8-18-39(33)45/h1-23,25-26,32,38H,24H2. The predicted octanol–water partition coefficient (Wildman–Crippen LogP) is 10.4. The maximum atomic E-state index is 6.33. The molecule has 0 amide bonds. The number of benzene rings is 5. The summed E-state index contributed by atoms with van der Waals surface area (Å²) in [7, 11) is 0. The Kier molecular flexibility index (Phi) is 5.43. The van der Waals surface area contributed by atoms with Gasteiger partial charge in [0.25, 0.3) is 0 Å². The van der Waals surface area contributed by atoms with Gasteiger partial charge in [-0.05, 0) is 71.8 Å². The SMILES string of the molecule is C1=CC2c3ccccc3N(c3cccc(Cc4ccc5oc6ccc(-n7c8ccccc8c8ccccc87)cc6c5c4)n3)C2C=C1. The van der Waals surface area contributed by atoms with Crippen LogP contribution >= 0.6 is 0 Å². The van der Waals surface area contributed by atoms with E-state index < -0.39 is 0 Å². The third kappa shape index (κ3) is 3.77. The number of aromatic nitrogens is 2. The van der Waals surface area contributed by atoms with E-state index in [0.717, 1.165) is 45.6 Å². The molecule has 46 heavy (non-hydrogen) atoms. The molecule has 0 saturated heterocycles. The number of rotatable bonds is 4. The van der Waals surface area contributed by atoms with E-state index >= 15 is 0 Å². The van der Waals surface area contributed by atoms with Crippen molar-refractivity contribution in [2.24, 2.45) is 0 Å². The smallest absolute Gasteiger partial charge is 0.135 e. The van der Waals surface area contributed by atoms with Gasteiger partial charge in [-0.1, -0.05) is 91.0 Å². The number of hydrogen-bond donors (Lipinski definition) is 0. The van der Waals surface area contributed by atoms with E-state index in [1.807, 2.05) is 0 Å². The number of fused-ring (bicyclic) bond motifs is 9. The van der Waals surface area contributed by atoms with Crippen molar-refractivity contribution in [1.82, 2.24) is 9.55 Å². The zero-order valence-electron chi connectivity index (χ0n) is 25.0. The van der Waals surface area contributed by atoms with Crippen LogP contribution in [-0.4, -0.2) is 15.6 Å². The van der Waals surface area contributed by atoms with Crippen molar-refractivity contribution in [3.8, 4) is 5.69 Å². The van der Waals surface area contributed by atoms with Crippen molar-refractivity contribution in [1.29, 1.82) is 0 Å². The molecule has 218 valence electrons. The van der Waals surface area contributed by atoms with Gasteiger partial charge in [0.1, 0.15) is 17.0 Å². The lowest BCUT2D eigenvalue weighted by atomic mass is 9.91. The molecular formula is C42H29N3O. The van der Waals surface area contributed by atoms with Gasteiger partial charge in [-0.25, -0.2) is 4.98 Å². The third-order valence-corrected chi connectivity index (χ3v) is 9.74. The van der Waals surface area contributed by atoms with Crippen LogP contribution in [0.2, 0.25) is 0 Å². The summed E-state index contributed by atoms with van der Waals surface area (Å²) in [6, 6.07) is 45.7. The van der Waals surface area contributed by atoms with Gasteiger partial charge >= 0.3 is 0 Å². The van der Waals surface area contributed by atoms with Gasteiger partial charge in [-0.2, -0.15) is 0 Å². The Balaban J connectivity index is 1.04. The first-order chi connectivity index (χ1) is 22.8. The summed E-state index contributed by atoms with van der Waals surface area (Å²) in [4.78, 5) is 7.61. The summed E-state index contributed by atoms with van der Waals surface area (Å²) < 4.78 is 8.69. The van der Waals surface area contributed by atoms with Crippen LogP contribution in [0.15, 0.2) is 156 Å². The van der Waals surface area contributed by atoms with Gasteiger partial charge in [0, 0.05) is 51.0 Å². The van der Waals surface area contributed by atoms with Gasteiger partial charge in [-0.15, -0.1) is 0 Å². The average molecular weight is 592 g/mol. The van der Waals surface area contributed by atoms with Crippen molar-refractivity contribution < 1.29 is 4.42 Å². The molecule has 8 aromatic rings. The molecule has 1 aliphatic heterocycles. The van der Waals surface area contributed by atoms with Gasteiger partial charge in [-0.3, -0.25) is 0 Å². The minimum Gasteiger partial charge on any atom is -0.456 e. The number of anilines is 2. The molecule has 0 fully saturated rings. The minimum atomic E-state index is 0.238. The molecule has 0 radical (unpaired) electrons. The fraction of sp³-hybridized carbons (Fsp3) is 0.0714. The van der Waals surface area contributed by atoms with Crippen LogP contribution in [0.5, 0.6) is 0 Å². The van der Waals surface area contributed by atoms with E-state index in [9.17, 15) is 0 Å². The summed E-state index contributed by atoms with van der Waals surface area (Å²) in [5, 5.41) is 4.77. The van der Waals surface area contributed by atoms with E-state index in [4.69, 9.17) is 9.40 Å². The molecule has 1 aliphatic carbocycles. The van der Waals surface area contributed by atoms with Crippen molar-refractivity contribution in [2.45, 2.75) is 18.4 Å². The molecule has 0 saturated carbocycles. The Labute approximate surface area is 266 Å². The highest BCUT2D eigenvalue weighted by Gasteiger charge is 2.37. The highest BCUT2D eigenvalue weighted by atomic mass is 16.3. The monoisotopic (exact) mass is 591 g/mol. The van der Waals surface area contributed by atoms with E-state index in [0.29, 0.717) is 5.92 Å². The van der Waals surface area contributed by atoms with E-state index in [-0.39, 0.29) is 6.04 Å². The number of nitrogens with zero attached hydrogens (tertiary/aromatic N) is 3. The fourth-order valence-electron chi connectivity index (χ4n) is 7.73. The first kappa shape index (κ1) is 25.5. The fourth-order valence-corrected chi connectivity index (χ4v) is 7.73. The molecule has 0 N–H and O–H groups in total. The zero-order valence-corrected chi connectivity index (χ0v) is 25.0. The molecule has 4 nitrogen and oxygen atoms in total. The van der Waals surface area contributed by atoms with Crippen molar-refractivity contribution in [2.75, 3.05) is 4.90 Å². The third-order valence-electron chi connectivity index (χ3n) is 9.74. The highest BCUT2D eigenvalue weighted by molar-refractivity contribution is 6.10. The van der Waals surface area contributed by atoms with Crippen LogP contribution in [0.4, 0.5) is 11.5 Å². The molecule has 10 rings (SSSR count). The van der Waals surface area contributed by atoms with E-state index in [1.54, 1.807) is 0 Å². The van der Waals surface area contributed by atoms with Crippen molar-refractivity contribution >= 4 is 55.2 Å². The molecule has 3 aromatic heterocycles. The first-order valence-electron chi connectivity index (χ1n) is 15.9. The van der Waals surface area contributed by atoms with Crippen LogP contribution in [0.1, 0.15) is 22.7 Å². The largest absolute Gasteiger partial charge is 0.456 e. The molecule has 0 spiro atoms. The van der Waals surface area contributed by atoms with Gasteiger partial charge < -0.3 is 13.9 Å². The van der Waals surface area contributed by atoms with E-state index in [2.05, 4.69) is 161 Å². The number of allylic oxidation sites excluding steroid dienone is 2. The van der Waals surface area contributed by atoms with Gasteiger partial charge in [0.15, 0.2) is 0 Å². The average Bonchev–Trinajstić information content (AvgIpc) is 3.76. The summed E-state index contributed by atoms with van der Waals surface area (Å²) in [5.41, 5.74) is 10.2. The lowest BCUT2D eigenvalue weighted by molar-refractivity contribution is 0.668. The van der Waals surface area contributed by atoms with Crippen LogP contribution in [0.3, 0.4) is 0 Å². The van der Waals surface area contributed by atoms with Crippen LogP contribution < -0.4 is 4.90 Å². The Bertz CT molecular complexity index is 2500. The van der Waals surface area contributed by atoms with Crippen LogP contribution in [0, 0.1) is 0 Å². The topological polar surface area (TPSA) is 34.2 Å². The second-order valence-electron chi connectivity index (χ2n) is 12.4. The molecule has 2 atom stereocenters. The zero-order chi connectivity index (χ0) is 30.2. The Morgan fingerprint density at radius 2 is 1.33 bits per heavy atom. The number of pyridine rings is 1. The summed E-state index contributed by atoms with van der Waals surface area (Å²) in [6.07, 6.45) is 9.66. The second-order valence-corrected chi connectivity index (χ2v) is 12.4. The normalized spacial score (nSPS) is 17.0. The lowest BCUT2D eigenvalue weighted by Gasteiger charge is -2.28. The number of furan rings is 1. The Hall–Kier alpha value is -5.87. The molecule has 5 aromatic carbocycles. The molecule has 2 unspecified atom stereocenters. The van der Waals surface area contributed by atoms with E-state index in [1.165, 1.54) is 38.6 Å². The summed E-state index contributed by atoms with van der Waals surface area (Å²) >= 11 is 0. The number of para-hydroxylation sites is 3. The minimum absolute atomic E-state index is 0.238. The highest BCUT2D eigenvalue weighted by Crippen LogP contribution is 2.47. The van der Waals surface area contributed by atoms with Crippen molar-refractivity contribution in [3.63, 3.8) is 0 Å². The Morgan fingerprint density at radius 1 is 0.609 bits per heavy atom. The van der Waals surface area contributed by atoms with Gasteiger partial charge in [0.2, 0.25) is 0 Å². The second kappa shape index (κ2) is 9.82. The van der Waals surface area contributed by atoms with Crippen molar-refractivity contribution in [3.05, 3.63) is 169 Å². The van der Waals surface area contributed by atoms with Gasteiger partial charge in [0.05, 0.1) is 17.1 Å². The van der Waals surface area contributed by atoms with Crippen LogP contribution in [-0.2, 0) is 6.42 Å².